The van der Waals surface area contributed by atoms with Crippen molar-refractivity contribution in [2.24, 2.45) is 0 Å². The molecule has 14 heavy (non-hydrogen) atoms. The molecule has 0 aliphatic rings. The fourth-order valence-corrected chi connectivity index (χ4v) is 2.41. The number of hydrogen-bond donors (Lipinski definition) is 1. The topological polar surface area (TPSA) is 46.2 Å². The standard InChI is InChI=1S/C8H9BrFNO2S/c9-4-5-11-14(12,13)8-3-1-2-7(10)6-8/h1-3,6,11H,4-5H2. The first-order chi connectivity index (χ1) is 6.56. The summed E-state index contributed by atoms with van der Waals surface area (Å²) in [4.78, 5) is -0.0570. The highest BCUT2D eigenvalue weighted by molar-refractivity contribution is 9.09. The zero-order valence-electron chi connectivity index (χ0n) is 7.20. The molecule has 3 nitrogen and oxygen atoms in total. The second-order valence-electron chi connectivity index (χ2n) is 2.54. The zero-order valence-corrected chi connectivity index (χ0v) is 9.61. The highest BCUT2D eigenvalue weighted by Crippen LogP contribution is 2.09. The van der Waals surface area contributed by atoms with Crippen molar-refractivity contribution in [2.75, 3.05) is 11.9 Å². The van der Waals surface area contributed by atoms with E-state index in [2.05, 4.69) is 20.7 Å². The van der Waals surface area contributed by atoms with Crippen LogP contribution in [0.3, 0.4) is 0 Å². The Bertz CT molecular complexity index is 408. The minimum Gasteiger partial charge on any atom is -0.210 e. The molecule has 0 fully saturated rings. The van der Waals surface area contributed by atoms with Gasteiger partial charge in [0, 0.05) is 11.9 Å². The van der Waals surface area contributed by atoms with E-state index in [1.807, 2.05) is 0 Å². The van der Waals surface area contributed by atoms with Gasteiger partial charge in [0.15, 0.2) is 0 Å². The molecular weight excluding hydrogens is 273 g/mol. The summed E-state index contributed by atoms with van der Waals surface area (Å²) in [6, 6.07) is 4.89. The molecule has 0 saturated carbocycles. The first-order valence-electron chi connectivity index (χ1n) is 3.87. The summed E-state index contributed by atoms with van der Waals surface area (Å²) < 4.78 is 37.9. The van der Waals surface area contributed by atoms with Gasteiger partial charge in [0.1, 0.15) is 5.82 Å². The van der Waals surface area contributed by atoms with Gasteiger partial charge in [-0.05, 0) is 18.2 Å². The lowest BCUT2D eigenvalue weighted by atomic mass is 10.4. The van der Waals surface area contributed by atoms with Gasteiger partial charge in [-0.1, -0.05) is 22.0 Å². The molecule has 6 heteroatoms. The Hall–Kier alpha value is -0.460. The van der Waals surface area contributed by atoms with Gasteiger partial charge < -0.3 is 0 Å². The summed E-state index contributed by atoms with van der Waals surface area (Å²) in [5.41, 5.74) is 0. The molecule has 1 aromatic rings. The van der Waals surface area contributed by atoms with Crippen LogP contribution in [0.15, 0.2) is 29.2 Å². The van der Waals surface area contributed by atoms with Crippen LogP contribution in [-0.4, -0.2) is 20.3 Å². The summed E-state index contributed by atoms with van der Waals surface area (Å²) in [5, 5.41) is 0.515. The molecule has 0 aromatic heterocycles. The SMILES string of the molecule is O=S(=O)(NCCBr)c1cccc(F)c1. The maximum absolute atomic E-state index is 12.7. The van der Waals surface area contributed by atoms with Crippen LogP contribution in [0, 0.1) is 5.82 Å². The van der Waals surface area contributed by atoms with Crippen molar-refractivity contribution < 1.29 is 12.8 Å². The summed E-state index contributed by atoms with van der Waals surface area (Å²) >= 11 is 3.09. The molecule has 1 N–H and O–H groups in total. The third-order valence-electron chi connectivity index (χ3n) is 1.49. The van der Waals surface area contributed by atoms with Gasteiger partial charge in [-0.2, -0.15) is 0 Å². The molecule has 1 rings (SSSR count). The molecule has 0 spiro atoms. The Morgan fingerprint density at radius 2 is 2.14 bits per heavy atom. The largest absolute Gasteiger partial charge is 0.240 e. The molecule has 0 saturated heterocycles. The predicted molar refractivity (Wildman–Crippen MR) is 55.4 cm³/mol. The number of benzene rings is 1. The Morgan fingerprint density at radius 1 is 1.43 bits per heavy atom. The Labute approximate surface area is 90.5 Å². The van der Waals surface area contributed by atoms with Crippen LogP contribution < -0.4 is 4.72 Å². The van der Waals surface area contributed by atoms with Gasteiger partial charge in [0.2, 0.25) is 10.0 Å². The minimum absolute atomic E-state index is 0.0570. The van der Waals surface area contributed by atoms with Gasteiger partial charge in [0.05, 0.1) is 4.90 Å². The highest BCUT2D eigenvalue weighted by atomic mass is 79.9. The van der Waals surface area contributed by atoms with Crippen LogP contribution in [0.1, 0.15) is 0 Å². The fraction of sp³-hybridized carbons (Fsp3) is 0.250. The molecule has 1 aromatic carbocycles. The smallest absolute Gasteiger partial charge is 0.210 e. The van der Waals surface area contributed by atoms with E-state index < -0.39 is 15.8 Å². The Morgan fingerprint density at radius 3 is 2.71 bits per heavy atom. The monoisotopic (exact) mass is 281 g/mol. The molecular formula is C8H9BrFNO2S. The van der Waals surface area contributed by atoms with Gasteiger partial charge in [-0.3, -0.25) is 0 Å². The molecule has 0 bridgehead atoms. The number of sulfonamides is 1. The van der Waals surface area contributed by atoms with Crippen molar-refractivity contribution in [3.8, 4) is 0 Å². The van der Waals surface area contributed by atoms with Gasteiger partial charge in [-0.25, -0.2) is 17.5 Å². The quantitative estimate of drug-likeness (QED) is 0.851. The van der Waals surface area contributed by atoms with Crippen LogP contribution in [0.25, 0.3) is 0 Å². The molecule has 0 unspecified atom stereocenters. The molecule has 0 heterocycles. The average molecular weight is 282 g/mol. The summed E-state index contributed by atoms with van der Waals surface area (Å²) in [5.74, 6) is -0.563. The summed E-state index contributed by atoms with van der Waals surface area (Å²) in [6.07, 6.45) is 0. The third kappa shape index (κ3) is 3.04. The van der Waals surface area contributed by atoms with E-state index in [1.165, 1.54) is 18.2 Å². The molecule has 78 valence electrons. The molecule has 0 atom stereocenters. The number of alkyl halides is 1. The van der Waals surface area contributed by atoms with Crippen LogP contribution in [0.2, 0.25) is 0 Å². The lowest BCUT2D eigenvalue weighted by Crippen LogP contribution is -2.25. The predicted octanol–water partition coefficient (Wildman–Crippen LogP) is 1.50. The lowest BCUT2D eigenvalue weighted by Gasteiger charge is -2.04. The second kappa shape index (κ2) is 4.86. The molecule has 0 amide bonds. The van der Waals surface area contributed by atoms with E-state index in [9.17, 15) is 12.8 Å². The van der Waals surface area contributed by atoms with Gasteiger partial charge in [-0.15, -0.1) is 0 Å². The first kappa shape index (κ1) is 11.6. The Kier molecular flexibility index (Phi) is 4.03. The second-order valence-corrected chi connectivity index (χ2v) is 5.10. The molecule has 0 aliphatic heterocycles. The van der Waals surface area contributed by atoms with Crippen molar-refractivity contribution in [1.82, 2.24) is 4.72 Å². The van der Waals surface area contributed by atoms with Crippen molar-refractivity contribution in [3.05, 3.63) is 30.1 Å². The first-order valence-corrected chi connectivity index (χ1v) is 6.48. The molecule has 0 aliphatic carbocycles. The van der Waals surface area contributed by atoms with E-state index >= 15 is 0 Å². The number of nitrogens with one attached hydrogen (secondary N) is 1. The molecule has 0 radical (unpaired) electrons. The van der Waals surface area contributed by atoms with Crippen molar-refractivity contribution >= 4 is 26.0 Å². The fourth-order valence-electron chi connectivity index (χ4n) is 0.890. The van der Waals surface area contributed by atoms with Crippen LogP contribution in [-0.2, 0) is 10.0 Å². The van der Waals surface area contributed by atoms with Crippen LogP contribution >= 0.6 is 15.9 Å². The normalized spacial score (nSPS) is 11.6. The number of rotatable bonds is 4. The van der Waals surface area contributed by atoms with E-state index in [4.69, 9.17) is 0 Å². The highest BCUT2D eigenvalue weighted by Gasteiger charge is 2.12. The number of hydrogen-bond acceptors (Lipinski definition) is 2. The van der Waals surface area contributed by atoms with Crippen LogP contribution in [0.4, 0.5) is 4.39 Å². The van der Waals surface area contributed by atoms with Crippen molar-refractivity contribution in [1.29, 1.82) is 0 Å². The van der Waals surface area contributed by atoms with Crippen LogP contribution in [0.5, 0.6) is 0 Å². The van der Waals surface area contributed by atoms with E-state index in [-0.39, 0.29) is 11.4 Å². The maximum Gasteiger partial charge on any atom is 0.240 e. The van der Waals surface area contributed by atoms with E-state index in [1.54, 1.807) is 0 Å². The summed E-state index contributed by atoms with van der Waals surface area (Å²) in [7, 11) is -3.56. The Balaban J connectivity index is 2.93. The third-order valence-corrected chi connectivity index (χ3v) is 3.35. The summed E-state index contributed by atoms with van der Waals surface area (Å²) in [6.45, 7) is 0.277. The maximum atomic E-state index is 12.7. The minimum atomic E-state index is -3.56. The zero-order chi connectivity index (χ0) is 10.6. The van der Waals surface area contributed by atoms with Crippen molar-refractivity contribution in [3.63, 3.8) is 0 Å². The van der Waals surface area contributed by atoms with Gasteiger partial charge >= 0.3 is 0 Å². The van der Waals surface area contributed by atoms with Gasteiger partial charge in [0.25, 0.3) is 0 Å². The average Bonchev–Trinajstić information content (AvgIpc) is 2.15. The van der Waals surface area contributed by atoms with E-state index in [0.717, 1.165) is 6.07 Å². The van der Waals surface area contributed by atoms with Crippen molar-refractivity contribution in [2.45, 2.75) is 4.90 Å². The number of halogens is 2. The lowest BCUT2D eigenvalue weighted by molar-refractivity contribution is 0.580. The van der Waals surface area contributed by atoms with E-state index in [0.29, 0.717) is 5.33 Å².